The molecule has 0 unspecified atom stereocenters. The van der Waals surface area contributed by atoms with Crippen LogP contribution in [0.3, 0.4) is 0 Å². The van der Waals surface area contributed by atoms with Gasteiger partial charge in [-0.15, -0.1) is 0 Å². The Morgan fingerprint density at radius 3 is 2.57 bits per heavy atom. The van der Waals surface area contributed by atoms with E-state index in [4.69, 9.17) is 16.3 Å². The monoisotopic (exact) mass is 395 g/mol. The van der Waals surface area contributed by atoms with Gasteiger partial charge >= 0.3 is 0 Å². The van der Waals surface area contributed by atoms with Crippen LogP contribution in [-0.2, 0) is 0 Å². The lowest BCUT2D eigenvalue weighted by molar-refractivity contribution is 0.103. The van der Waals surface area contributed by atoms with Crippen LogP contribution in [0.2, 0.25) is 5.02 Å². The molecule has 0 saturated carbocycles. The first kappa shape index (κ1) is 18.5. The third kappa shape index (κ3) is 3.46. The van der Waals surface area contributed by atoms with Crippen LogP contribution in [-0.4, -0.2) is 28.2 Å². The van der Waals surface area contributed by atoms with Crippen LogP contribution in [0.4, 0.5) is 0 Å². The van der Waals surface area contributed by atoms with Crippen molar-refractivity contribution in [1.29, 1.82) is 0 Å². The molecule has 2 atom stereocenters. The lowest BCUT2D eigenvalue weighted by Crippen LogP contribution is -2.32. The number of nitrogens with zero attached hydrogens (tertiary/aromatic N) is 1. The Morgan fingerprint density at radius 2 is 1.82 bits per heavy atom. The van der Waals surface area contributed by atoms with E-state index in [1.165, 1.54) is 10.6 Å². The van der Waals surface area contributed by atoms with Gasteiger partial charge in [-0.05, 0) is 48.5 Å². The van der Waals surface area contributed by atoms with Crippen LogP contribution >= 0.6 is 11.6 Å². The number of rotatable bonds is 3. The second-order valence-corrected chi connectivity index (χ2v) is 7.12. The fourth-order valence-electron chi connectivity index (χ4n) is 3.48. The Hall–Kier alpha value is -2.89. The highest BCUT2D eigenvalue weighted by atomic mass is 35.5. The Kier molecular flexibility index (Phi) is 5.03. The van der Waals surface area contributed by atoms with Crippen LogP contribution in [0, 0.1) is 0 Å². The van der Waals surface area contributed by atoms with Crippen LogP contribution in [0.25, 0.3) is 0 Å². The van der Waals surface area contributed by atoms with Crippen LogP contribution in [0.1, 0.15) is 33.9 Å². The van der Waals surface area contributed by atoms with E-state index in [0.717, 1.165) is 0 Å². The number of hydrogen-bond donors (Lipinski definition) is 1. The molecule has 1 aliphatic heterocycles. The third-order valence-corrected chi connectivity index (χ3v) is 5.14. The molecule has 0 saturated heterocycles. The number of aliphatic hydroxyl groups is 1. The van der Waals surface area contributed by atoms with Crippen molar-refractivity contribution in [2.45, 2.75) is 18.6 Å². The highest BCUT2D eigenvalue weighted by Crippen LogP contribution is 2.35. The van der Waals surface area contributed by atoms with E-state index in [9.17, 15) is 14.7 Å². The second kappa shape index (κ2) is 7.62. The van der Waals surface area contributed by atoms with Gasteiger partial charge in [0.05, 0.1) is 18.8 Å². The summed E-state index contributed by atoms with van der Waals surface area (Å²) < 4.78 is 7.24. The maximum Gasteiger partial charge on any atom is 0.251 e. The lowest BCUT2D eigenvalue weighted by atomic mass is 9.94. The molecule has 1 aromatic heterocycles. The fraction of sp³-hybridized carbons (Fsp3) is 0.182. The van der Waals surface area contributed by atoms with E-state index in [1.54, 1.807) is 60.8 Å². The summed E-state index contributed by atoms with van der Waals surface area (Å²) in [4.78, 5) is 25.3. The number of carbonyl (C=O) groups excluding carboxylic acids is 1. The minimum atomic E-state index is -0.817. The number of aliphatic hydroxyl groups excluding tert-OH is 1. The fourth-order valence-corrected chi connectivity index (χ4v) is 3.61. The molecule has 0 fully saturated rings. The van der Waals surface area contributed by atoms with Crippen molar-refractivity contribution in [2.75, 3.05) is 6.61 Å². The smallest absolute Gasteiger partial charge is 0.251 e. The number of ketones is 1. The molecule has 0 amide bonds. The molecule has 2 heterocycles. The summed E-state index contributed by atoms with van der Waals surface area (Å²) in [6, 6.07) is 16.0. The molecular formula is C22H18ClNO4. The molecule has 0 radical (unpaired) electrons. The summed E-state index contributed by atoms with van der Waals surface area (Å²) in [5.41, 5.74) is 1.34. The van der Waals surface area contributed by atoms with Gasteiger partial charge in [-0.2, -0.15) is 0 Å². The zero-order chi connectivity index (χ0) is 19.7. The molecule has 4 rings (SSSR count). The number of halogens is 1. The SMILES string of the molecule is O=C(c1ccc(Cl)cc1)c1ccc2c(c1)[C@H](n1ccccc1=O)[C@@H](O)CCO2. The number of carbonyl (C=O) groups is 1. The molecule has 0 spiro atoms. The van der Waals surface area contributed by atoms with Crippen molar-refractivity contribution in [3.63, 3.8) is 0 Å². The molecule has 0 aliphatic carbocycles. The molecule has 28 heavy (non-hydrogen) atoms. The Morgan fingerprint density at radius 1 is 1.07 bits per heavy atom. The minimum Gasteiger partial charge on any atom is -0.493 e. The maximum atomic E-state index is 12.9. The van der Waals surface area contributed by atoms with Gasteiger partial charge in [0.1, 0.15) is 5.75 Å². The van der Waals surface area contributed by atoms with E-state index in [0.29, 0.717) is 40.5 Å². The third-order valence-electron chi connectivity index (χ3n) is 4.88. The van der Waals surface area contributed by atoms with Gasteiger partial charge in [0.15, 0.2) is 5.78 Å². The summed E-state index contributed by atoms with van der Waals surface area (Å²) in [5.74, 6) is 0.391. The van der Waals surface area contributed by atoms with Crippen LogP contribution in [0.15, 0.2) is 71.7 Å². The largest absolute Gasteiger partial charge is 0.493 e. The van der Waals surface area contributed by atoms with E-state index in [1.807, 2.05) is 0 Å². The number of hydrogen-bond acceptors (Lipinski definition) is 4. The maximum absolute atomic E-state index is 12.9. The van der Waals surface area contributed by atoms with Crippen molar-refractivity contribution in [2.24, 2.45) is 0 Å². The topological polar surface area (TPSA) is 68.5 Å². The quantitative estimate of drug-likeness (QED) is 0.689. The summed E-state index contributed by atoms with van der Waals surface area (Å²) in [5, 5.41) is 11.3. The van der Waals surface area contributed by atoms with Gasteiger partial charge in [-0.25, -0.2) is 0 Å². The van der Waals surface area contributed by atoms with E-state index in [2.05, 4.69) is 0 Å². The molecule has 3 aromatic rings. The van der Waals surface area contributed by atoms with Gasteiger partial charge in [-0.1, -0.05) is 17.7 Å². The summed E-state index contributed by atoms with van der Waals surface area (Å²) in [6.07, 6.45) is 1.20. The normalized spacial score (nSPS) is 18.6. The number of fused-ring (bicyclic) bond motifs is 1. The van der Waals surface area contributed by atoms with E-state index in [-0.39, 0.29) is 11.3 Å². The number of aromatic nitrogens is 1. The molecule has 6 heteroatoms. The van der Waals surface area contributed by atoms with Crippen molar-refractivity contribution in [1.82, 2.24) is 4.57 Å². The van der Waals surface area contributed by atoms with E-state index < -0.39 is 12.1 Å². The van der Waals surface area contributed by atoms with Gasteiger partial charge in [0, 0.05) is 40.4 Å². The molecule has 0 bridgehead atoms. The standard InChI is InChI=1S/C22H18ClNO4/c23-16-7-4-14(5-8-16)22(27)15-6-9-19-17(13-15)21(18(25)10-12-28-19)24-11-2-1-3-20(24)26/h1-9,11,13,18,21,25H,10,12H2/t18-,21-/m0/s1. The molecule has 142 valence electrons. The summed E-state index contributed by atoms with van der Waals surface area (Å²) in [7, 11) is 0. The van der Waals surface area contributed by atoms with Crippen molar-refractivity contribution in [3.05, 3.63) is 98.9 Å². The zero-order valence-corrected chi connectivity index (χ0v) is 15.7. The average molecular weight is 396 g/mol. The molecule has 1 N–H and O–H groups in total. The second-order valence-electron chi connectivity index (χ2n) is 6.68. The number of benzene rings is 2. The van der Waals surface area contributed by atoms with Crippen molar-refractivity contribution in [3.8, 4) is 5.75 Å². The predicted octanol–water partition coefficient (Wildman–Crippen LogP) is 3.47. The summed E-state index contributed by atoms with van der Waals surface area (Å²) >= 11 is 5.91. The highest BCUT2D eigenvalue weighted by Gasteiger charge is 2.30. The molecule has 1 aliphatic rings. The first-order valence-electron chi connectivity index (χ1n) is 8.97. The zero-order valence-electron chi connectivity index (χ0n) is 14.9. The van der Waals surface area contributed by atoms with Crippen LogP contribution in [0.5, 0.6) is 5.75 Å². The number of ether oxygens (including phenoxy) is 1. The van der Waals surface area contributed by atoms with Gasteiger partial charge in [-0.3, -0.25) is 9.59 Å². The molecular weight excluding hydrogens is 378 g/mol. The number of pyridine rings is 1. The molecule has 5 nitrogen and oxygen atoms in total. The average Bonchev–Trinajstić information content (AvgIpc) is 2.86. The Bertz CT molecular complexity index is 1070. The van der Waals surface area contributed by atoms with Gasteiger partial charge in [0.25, 0.3) is 5.56 Å². The van der Waals surface area contributed by atoms with Crippen molar-refractivity contribution < 1.29 is 14.6 Å². The molecule has 2 aromatic carbocycles. The van der Waals surface area contributed by atoms with Crippen LogP contribution < -0.4 is 10.3 Å². The minimum absolute atomic E-state index is 0.169. The van der Waals surface area contributed by atoms with E-state index >= 15 is 0 Å². The van der Waals surface area contributed by atoms with Crippen molar-refractivity contribution >= 4 is 17.4 Å². The van der Waals surface area contributed by atoms with Gasteiger partial charge in [0.2, 0.25) is 0 Å². The first-order chi connectivity index (χ1) is 13.5. The summed E-state index contributed by atoms with van der Waals surface area (Å²) in [6.45, 7) is 0.330. The lowest BCUT2D eigenvalue weighted by Gasteiger charge is -2.24. The Balaban J connectivity index is 1.82. The predicted molar refractivity (Wildman–Crippen MR) is 106 cm³/mol. The first-order valence-corrected chi connectivity index (χ1v) is 9.34. The Labute approximate surface area is 166 Å². The van der Waals surface area contributed by atoms with Gasteiger partial charge < -0.3 is 14.4 Å². The highest BCUT2D eigenvalue weighted by molar-refractivity contribution is 6.30.